The average Bonchev–Trinajstić information content (AvgIpc) is 3.07. The Morgan fingerprint density at radius 2 is 1.29 bits per heavy atom. The zero-order chi connectivity index (χ0) is 19.5. The van der Waals surface area contributed by atoms with Crippen LogP contribution in [0.1, 0.15) is 20.0 Å². The molecule has 4 aromatic rings. The summed E-state index contributed by atoms with van der Waals surface area (Å²) in [6.45, 7) is 0. The van der Waals surface area contributed by atoms with Crippen molar-refractivity contribution in [2.45, 2.75) is 0 Å². The first-order valence-electron chi connectivity index (χ1n) is 8.56. The topological polar surface area (TPSA) is 58.2 Å². The summed E-state index contributed by atoms with van der Waals surface area (Å²) >= 11 is 7.72. The lowest BCUT2D eigenvalue weighted by Crippen LogP contribution is -2.12. The van der Waals surface area contributed by atoms with E-state index in [1.807, 2.05) is 42.5 Å². The maximum Gasteiger partial charge on any atom is 0.267 e. The molecule has 0 aliphatic carbocycles. The van der Waals surface area contributed by atoms with Crippen molar-refractivity contribution in [2.75, 3.05) is 10.6 Å². The third-order valence-electron chi connectivity index (χ3n) is 4.18. The molecule has 1 aromatic heterocycles. The summed E-state index contributed by atoms with van der Waals surface area (Å²) in [7, 11) is 0. The highest BCUT2D eigenvalue weighted by atomic mass is 35.5. The quantitative estimate of drug-likeness (QED) is 0.432. The third-order valence-corrected chi connectivity index (χ3v) is 5.85. The second-order valence-corrected chi connectivity index (χ2v) is 7.52. The van der Waals surface area contributed by atoms with E-state index in [1.54, 1.807) is 36.4 Å². The van der Waals surface area contributed by atoms with Gasteiger partial charge in [-0.2, -0.15) is 0 Å². The standard InChI is InChI=1S/C22H15ClN2O2S/c23-19-17-8-4-5-9-18(17)28-20(19)22(27)25-16-12-10-15(11-13-16)24-21(26)14-6-2-1-3-7-14/h1-13H,(H,24,26)(H,25,27). The molecule has 0 saturated carbocycles. The molecule has 0 saturated heterocycles. The first-order chi connectivity index (χ1) is 13.6. The number of fused-ring (bicyclic) bond motifs is 1. The summed E-state index contributed by atoms with van der Waals surface area (Å²) in [6, 6.07) is 23.6. The van der Waals surface area contributed by atoms with Crippen molar-refractivity contribution in [1.29, 1.82) is 0 Å². The zero-order valence-electron chi connectivity index (χ0n) is 14.6. The van der Waals surface area contributed by atoms with Crippen LogP contribution in [0.15, 0.2) is 78.9 Å². The van der Waals surface area contributed by atoms with E-state index in [4.69, 9.17) is 11.6 Å². The van der Waals surface area contributed by atoms with Gasteiger partial charge in [-0.1, -0.05) is 48.0 Å². The van der Waals surface area contributed by atoms with Crippen LogP contribution in [-0.4, -0.2) is 11.8 Å². The van der Waals surface area contributed by atoms with Gasteiger partial charge in [0.1, 0.15) is 4.88 Å². The van der Waals surface area contributed by atoms with Crippen LogP contribution >= 0.6 is 22.9 Å². The molecule has 138 valence electrons. The number of thiophene rings is 1. The summed E-state index contributed by atoms with van der Waals surface area (Å²) in [4.78, 5) is 25.3. The van der Waals surface area contributed by atoms with Crippen molar-refractivity contribution in [3.63, 3.8) is 0 Å². The van der Waals surface area contributed by atoms with Crippen molar-refractivity contribution in [2.24, 2.45) is 0 Å². The monoisotopic (exact) mass is 406 g/mol. The second kappa shape index (κ2) is 7.84. The number of halogens is 1. The van der Waals surface area contributed by atoms with Gasteiger partial charge in [0.05, 0.1) is 5.02 Å². The molecule has 3 aromatic carbocycles. The lowest BCUT2D eigenvalue weighted by atomic mass is 10.2. The predicted octanol–water partition coefficient (Wildman–Crippen LogP) is 6.06. The third kappa shape index (κ3) is 3.76. The fourth-order valence-corrected chi connectivity index (χ4v) is 4.19. The molecule has 28 heavy (non-hydrogen) atoms. The summed E-state index contributed by atoms with van der Waals surface area (Å²) in [5.74, 6) is -0.443. The minimum atomic E-state index is -0.257. The number of benzene rings is 3. The van der Waals surface area contributed by atoms with E-state index >= 15 is 0 Å². The largest absolute Gasteiger partial charge is 0.322 e. The van der Waals surface area contributed by atoms with Gasteiger partial charge in [-0.25, -0.2) is 0 Å². The maximum absolute atomic E-state index is 12.6. The fraction of sp³-hybridized carbons (Fsp3) is 0. The minimum Gasteiger partial charge on any atom is -0.322 e. The van der Waals surface area contributed by atoms with Crippen LogP contribution in [0, 0.1) is 0 Å². The van der Waals surface area contributed by atoms with Gasteiger partial charge in [0.2, 0.25) is 0 Å². The number of anilines is 2. The lowest BCUT2D eigenvalue weighted by molar-refractivity contribution is 0.102. The van der Waals surface area contributed by atoms with Gasteiger partial charge >= 0.3 is 0 Å². The smallest absolute Gasteiger partial charge is 0.267 e. The number of amides is 2. The van der Waals surface area contributed by atoms with Crippen LogP contribution in [0.4, 0.5) is 11.4 Å². The lowest BCUT2D eigenvalue weighted by Gasteiger charge is -2.08. The molecule has 0 spiro atoms. The van der Waals surface area contributed by atoms with E-state index in [0.717, 1.165) is 10.1 Å². The normalized spacial score (nSPS) is 10.6. The van der Waals surface area contributed by atoms with E-state index in [1.165, 1.54) is 11.3 Å². The van der Waals surface area contributed by atoms with Crippen molar-refractivity contribution < 1.29 is 9.59 Å². The number of carbonyl (C=O) groups excluding carboxylic acids is 2. The van der Waals surface area contributed by atoms with E-state index in [9.17, 15) is 9.59 Å². The van der Waals surface area contributed by atoms with Crippen LogP contribution in [0.25, 0.3) is 10.1 Å². The Labute approximate surface area is 170 Å². The van der Waals surface area contributed by atoms with Crippen LogP contribution in [0.2, 0.25) is 5.02 Å². The predicted molar refractivity (Wildman–Crippen MR) is 116 cm³/mol. The molecular formula is C22H15ClN2O2S. The average molecular weight is 407 g/mol. The molecule has 0 aliphatic heterocycles. The second-order valence-electron chi connectivity index (χ2n) is 6.09. The first-order valence-corrected chi connectivity index (χ1v) is 9.76. The Hall–Kier alpha value is -3.15. The molecule has 0 bridgehead atoms. The molecule has 6 heteroatoms. The Bertz CT molecular complexity index is 1150. The van der Waals surface area contributed by atoms with Crippen molar-refractivity contribution in [1.82, 2.24) is 0 Å². The van der Waals surface area contributed by atoms with Crippen LogP contribution < -0.4 is 10.6 Å². The summed E-state index contributed by atoms with van der Waals surface area (Å²) < 4.78 is 0.969. The molecule has 0 fully saturated rings. The summed E-state index contributed by atoms with van der Waals surface area (Å²) in [5, 5.41) is 7.01. The van der Waals surface area contributed by atoms with E-state index in [0.29, 0.717) is 26.8 Å². The zero-order valence-corrected chi connectivity index (χ0v) is 16.2. The molecule has 4 rings (SSSR count). The van der Waals surface area contributed by atoms with E-state index in [2.05, 4.69) is 10.6 Å². The Morgan fingerprint density at radius 1 is 0.714 bits per heavy atom. The molecule has 2 N–H and O–H groups in total. The van der Waals surface area contributed by atoms with Crippen molar-refractivity contribution in [3.8, 4) is 0 Å². The minimum absolute atomic E-state index is 0.186. The highest BCUT2D eigenvalue weighted by molar-refractivity contribution is 7.21. The van der Waals surface area contributed by atoms with Gasteiger partial charge in [-0.05, 0) is 42.5 Å². The number of hydrogen-bond donors (Lipinski definition) is 2. The van der Waals surface area contributed by atoms with Gasteiger partial charge in [-0.3, -0.25) is 9.59 Å². The van der Waals surface area contributed by atoms with Gasteiger partial charge in [0, 0.05) is 27.0 Å². The van der Waals surface area contributed by atoms with Crippen LogP contribution in [0.3, 0.4) is 0 Å². The number of carbonyl (C=O) groups is 2. The Morgan fingerprint density at radius 3 is 1.93 bits per heavy atom. The Kier molecular flexibility index (Phi) is 5.10. The molecule has 4 nitrogen and oxygen atoms in total. The van der Waals surface area contributed by atoms with E-state index < -0.39 is 0 Å². The number of nitrogens with one attached hydrogen (secondary N) is 2. The molecule has 0 atom stereocenters. The number of rotatable bonds is 4. The van der Waals surface area contributed by atoms with Crippen molar-refractivity contribution in [3.05, 3.63) is 94.3 Å². The molecule has 1 heterocycles. The molecule has 2 amide bonds. The maximum atomic E-state index is 12.6. The van der Waals surface area contributed by atoms with Crippen molar-refractivity contribution >= 4 is 56.2 Å². The number of hydrogen-bond acceptors (Lipinski definition) is 3. The summed E-state index contributed by atoms with van der Waals surface area (Å²) in [6.07, 6.45) is 0. The Balaban J connectivity index is 1.46. The van der Waals surface area contributed by atoms with Crippen LogP contribution in [0.5, 0.6) is 0 Å². The van der Waals surface area contributed by atoms with E-state index in [-0.39, 0.29) is 11.8 Å². The fourth-order valence-electron chi connectivity index (χ4n) is 2.78. The highest BCUT2D eigenvalue weighted by Gasteiger charge is 2.17. The van der Waals surface area contributed by atoms with Gasteiger partial charge in [0.15, 0.2) is 0 Å². The molecule has 0 unspecified atom stereocenters. The first kappa shape index (κ1) is 18.2. The molecule has 0 aliphatic rings. The van der Waals surface area contributed by atoms with Gasteiger partial charge in [0.25, 0.3) is 11.8 Å². The summed E-state index contributed by atoms with van der Waals surface area (Å²) in [5.41, 5.74) is 1.85. The van der Waals surface area contributed by atoms with Gasteiger partial charge < -0.3 is 10.6 Å². The molecular weight excluding hydrogens is 392 g/mol. The molecule has 0 radical (unpaired) electrons. The van der Waals surface area contributed by atoms with Gasteiger partial charge in [-0.15, -0.1) is 11.3 Å². The van der Waals surface area contributed by atoms with Crippen LogP contribution in [-0.2, 0) is 0 Å². The SMILES string of the molecule is O=C(Nc1ccc(NC(=O)c2sc3ccccc3c2Cl)cc1)c1ccccc1. The highest BCUT2D eigenvalue weighted by Crippen LogP contribution is 2.35.